The van der Waals surface area contributed by atoms with Crippen molar-refractivity contribution in [2.75, 3.05) is 13.6 Å². The Morgan fingerprint density at radius 2 is 2.32 bits per heavy atom. The average Bonchev–Trinajstić information content (AvgIpc) is 2.83. The molecular weight excluding hydrogens is 244 g/mol. The highest BCUT2D eigenvalue weighted by Crippen LogP contribution is 2.36. The molecule has 6 heteroatoms. The van der Waals surface area contributed by atoms with Gasteiger partial charge in [0.2, 0.25) is 11.8 Å². The van der Waals surface area contributed by atoms with E-state index in [1.54, 1.807) is 22.8 Å². The first-order valence-corrected chi connectivity index (χ1v) is 6.58. The molecular formula is C13H20N4O2. The van der Waals surface area contributed by atoms with E-state index in [-0.39, 0.29) is 23.8 Å². The van der Waals surface area contributed by atoms with Gasteiger partial charge in [0.25, 0.3) is 0 Å². The monoisotopic (exact) mass is 264 g/mol. The van der Waals surface area contributed by atoms with Gasteiger partial charge >= 0.3 is 0 Å². The predicted molar refractivity (Wildman–Crippen MR) is 70.1 cm³/mol. The van der Waals surface area contributed by atoms with Crippen molar-refractivity contribution in [1.82, 2.24) is 20.0 Å². The lowest BCUT2D eigenvalue weighted by atomic mass is 9.84. The molecule has 0 radical (unpaired) electrons. The molecule has 1 fully saturated rings. The van der Waals surface area contributed by atoms with Gasteiger partial charge in [-0.3, -0.25) is 14.3 Å². The molecule has 0 spiro atoms. The van der Waals surface area contributed by atoms with Crippen molar-refractivity contribution in [3.63, 3.8) is 0 Å². The van der Waals surface area contributed by atoms with Gasteiger partial charge in [-0.05, 0) is 13.3 Å². The normalized spacial score (nSPS) is 23.5. The van der Waals surface area contributed by atoms with Crippen molar-refractivity contribution in [3.8, 4) is 0 Å². The minimum absolute atomic E-state index is 0.0141. The summed E-state index contributed by atoms with van der Waals surface area (Å²) < 4.78 is 1.70. The van der Waals surface area contributed by atoms with Crippen LogP contribution in [0.5, 0.6) is 0 Å². The SMILES string of the molecule is CCN1C(=O)CCC(C(=O)NC)C1c1cnn(C)c1. The molecule has 1 aliphatic rings. The summed E-state index contributed by atoms with van der Waals surface area (Å²) in [6, 6.07) is -0.208. The first-order chi connectivity index (χ1) is 9.08. The number of rotatable bonds is 3. The van der Waals surface area contributed by atoms with Crippen molar-refractivity contribution in [3.05, 3.63) is 18.0 Å². The van der Waals surface area contributed by atoms with Crippen molar-refractivity contribution in [2.24, 2.45) is 13.0 Å². The highest BCUT2D eigenvalue weighted by atomic mass is 16.2. The number of carbonyl (C=O) groups excluding carboxylic acids is 2. The highest BCUT2D eigenvalue weighted by Gasteiger charge is 2.40. The zero-order chi connectivity index (χ0) is 14.0. The Morgan fingerprint density at radius 3 is 2.84 bits per heavy atom. The largest absolute Gasteiger partial charge is 0.359 e. The number of nitrogens with zero attached hydrogens (tertiary/aromatic N) is 3. The fourth-order valence-electron chi connectivity index (χ4n) is 2.79. The Balaban J connectivity index is 2.38. The van der Waals surface area contributed by atoms with Gasteiger partial charge in [-0.25, -0.2) is 0 Å². The van der Waals surface area contributed by atoms with E-state index in [9.17, 15) is 9.59 Å². The first-order valence-electron chi connectivity index (χ1n) is 6.58. The predicted octanol–water partition coefficient (Wildman–Crippen LogP) is 0.466. The van der Waals surface area contributed by atoms with Crippen molar-refractivity contribution in [1.29, 1.82) is 0 Å². The lowest BCUT2D eigenvalue weighted by molar-refractivity contribution is -0.143. The van der Waals surface area contributed by atoms with Gasteiger partial charge in [0.1, 0.15) is 0 Å². The summed E-state index contributed by atoms with van der Waals surface area (Å²) >= 11 is 0. The van der Waals surface area contributed by atoms with Crippen LogP contribution in [0.15, 0.2) is 12.4 Å². The Labute approximate surface area is 112 Å². The maximum absolute atomic E-state index is 12.0. The van der Waals surface area contributed by atoms with Crippen LogP contribution >= 0.6 is 0 Å². The molecule has 2 rings (SSSR count). The van der Waals surface area contributed by atoms with E-state index in [1.807, 2.05) is 20.2 Å². The lowest BCUT2D eigenvalue weighted by Gasteiger charge is -2.39. The van der Waals surface area contributed by atoms with Gasteiger partial charge in [-0.1, -0.05) is 0 Å². The maximum atomic E-state index is 12.0. The molecule has 0 bridgehead atoms. The minimum Gasteiger partial charge on any atom is -0.359 e. The summed E-state index contributed by atoms with van der Waals surface area (Å²) in [4.78, 5) is 25.9. The Hall–Kier alpha value is -1.85. The van der Waals surface area contributed by atoms with Gasteiger partial charge in [-0.2, -0.15) is 5.10 Å². The second kappa shape index (κ2) is 5.42. The molecule has 1 aliphatic heterocycles. The van der Waals surface area contributed by atoms with Gasteiger partial charge in [0.05, 0.1) is 18.2 Å². The highest BCUT2D eigenvalue weighted by molar-refractivity contribution is 5.84. The smallest absolute Gasteiger partial charge is 0.225 e. The molecule has 2 amide bonds. The van der Waals surface area contributed by atoms with E-state index in [2.05, 4.69) is 10.4 Å². The third-order valence-electron chi connectivity index (χ3n) is 3.70. The van der Waals surface area contributed by atoms with Crippen LogP contribution in [0, 0.1) is 5.92 Å². The molecule has 2 heterocycles. The second-order valence-corrected chi connectivity index (χ2v) is 4.83. The summed E-state index contributed by atoms with van der Waals surface area (Å²) in [5, 5.41) is 6.85. The maximum Gasteiger partial charge on any atom is 0.225 e. The van der Waals surface area contributed by atoms with Crippen LogP contribution in [-0.4, -0.2) is 40.1 Å². The van der Waals surface area contributed by atoms with Crippen LogP contribution in [0.2, 0.25) is 0 Å². The molecule has 0 aromatic carbocycles. The van der Waals surface area contributed by atoms with Crippen LogP contribution in [0.25, 0.3) is 0 Å². The number of carbonyl (C=O) groups is 2. The molecule has 1 N–H and O–H groups in total. The molecule has 1 aromatic heterocycles. The van der Waals surface area contributed by atoms with Gasteiger partial charge < -0.3 is 10.2 Å². The molecule has 1 aromatic rings. The number of hydrogen-bond donors (Lipinski definition) is 1. The second-order valence-electron chi connectivity index (χ2n) is 4.83. The number of likely N-dealkylation sites (tertiary alicyclic amines) is 1. The molecule has 1 saturated heterocycles. The van der Waals surface area contributed by atoms with E-state index < -0.39 is 0 Å². The average molecular weight is 264 g/mol. The van der Waals surface area contributed by atoms with Crippen LogP contribution in [0.3, 0.4) is 0 Å². The third kappa shape index (κ3) is 2.47. The van der Waals surface area contributed by atoms with Crippen LogP contribution in [0.4, 0.5) is 0 Å². The molecule has 0 aliphatic carbocycles. The molecule has 2 atom stereocenters. The molecule has 2 unspecified atom stereocenters. The summed E-state index contributed by atoms with van der Waals surface area (Å²) in [5.41, 5.74) is 0.922. The van der Waals surface area contributed by atoms with Crippen molar-refractivity contribution < 1.29 is 9.59 Å². The van der Waals surface area contributed by atoms with Gasteiger partial charge in [0, 0.05) is 38.8 Å². The topological polar surface area (TPSA) is 67.2 Å². The fourth-order valence-corrected chi connectivity index (χ4v) is 2.79. The number of hydrogen-bond acceptors (Lipinski definition) is 3. The van der Waals surface area contributed by atoms with E-state index in [0.717, 1.165) is 5.56 Å². The third-order valence-corrected chi connectivity index (χ3v) is 3.70. The zero-order valence-electron chi connectivity index (χ0n) is 11.6. The Morgan fingerprint density at radius 1 is 1.58 bits per heavy atom. The molecule has 6 nitrogen and oxygen atoms in total. The van der Waals surface area contributed by atoms with Gasteiger partial charge in [-0.15, -0.1) is 0 Å². The number of piperidine rings is 1. The van der Waals surface area contributed by atoms with Crippen LogP contribution < -0.4 is 5.32 Å². The fraction of sp³-hybridized carbons (Fsp3) is 0.615. The van der Waals surface area contributed by atoms with Crippen LogP contribution in [-0.2, 0) is 16.6 Å². The summed E-state index contributed by atoms with van der Waals surface area (Å²) in [6.45, 7) is 2.54. The Bertz CT molecular complexity index is 483. The van der Waals surface area contributed by atoms with E-state index in [0.29, 0.717) is 19.4 Å². The standard InChI is InChI=1S/C13H20N4O2/c1-4-17-11(18)6-5-10(13(19)14-2)12(17)9-7-15-16(3)8-9/h7-8,10,12H,4-6H2,1-3H3,(H,14,19). The quantitative estimate of drug-likeness (QED) is 0.862. The number of aromatic nitrogens is 2. The van der Waals surface area contributed by atoms with Crippen molar-refractivity contribution in [2.45, 2.75) is 25.8 Å². The summed E-state index contributed by atoms with van der Waals surface area (Å²) in [6.07, 6.45) is 4.64. The number of amides is 2. The minimum atomic E-state index is -0.208. The molecule has 0 saturated carbocycles. The van der Waals surface area contributed by atoms with E-state index >= 15 is 0 Å². The molecule has 104 valence electrons. The van der Waals surface area contributed by atoms with Crippen LogP contribution in [0.1, 0.15) is 31.4 Å². The van der Waals surface area contributed by atoms with E-state index in [1.165, 1.54) is 0 Å². The Kier molecular flexibility index (Phi) is 3.87. The number of nitrogens with one attached hydrogen (secondary N) is 1. The first kappa shape index (κ1) is 13.6. The lowest BCUT2D eigenvalue weighted by Crippen LogP contribution is -2.47. The van der Waals surface area contributed by atoms with Crippen molar-refractivity contribution >= 4 is 11.8 Å². The zero-order valence-corrected chi connectivity index (χ0v) is 11.6. The summed E-state index contributed by atoms with van der Waals surface area (Å²) in [5.74, 6) is -0.108. The molecule has 19 heavy (non-hydrogen) atoms. The van der Waals surface area contributed by atoms with Gasteiger partial charge in [0.15, 0.2) is 0 Å². The summed E-state index contributed by atoms with van der Waals surface area (Å²) in [7, 11) is 3.47. The number of aryl methyl sites for hydroxylation is 1. The van der Waals surface area contributed by atoms with E-state index in [4.69, 9.17) is 0 Å².